The molecule has 3 heterocycles. The Hall–Kier alpha value is -1.20. The largest absolute Gasteiger partial charge is 0.329 e. The highest BCUT2D eigenvalue weighted by Gasteiger charge is 2.21. The van der Waals surface area contributed by atoms with E-state index in [1.54, 1.807) is 0 Å². The van der Waals surface area contributed by atoms with Gasteiger partial charge in [0.15, 0.2) is 10.4 Å². The molecule has 1 aliphatic heterocycles. The fraction of sp³-hybridized carbons (Fsp3) is 0.538. The smallest absolute Gasteiger partial charge is 0.179 e. The minimum atomic E-state index is 0.445. The Kier molecular flexibility index (Phi) is 2.95. The van der Waals surface area contributed by atoms with Crippen LogP contribution in [0.3, 0.4) is 0 Å². The van der Waals surface area contributed by atoms with Gasteiger partial charge in [0, 0.05) is 12.7 Å². The van der Waals surface area contributed by atoms with E-state index in [9.17, 15) is 0 Å². The number of fused-ring (bicyclic) bond motifs is 1. The van der Waals surface area contributed by atoms with Gasteiger partial charge < -0.3 is 9.88 Å². The summed E-state index contributed by atoms with van der Waals surface area (Å²) in [5.41, 5.74) is 3.20. The molecule has 0 radical (unpaired) electrons. The number of aryl methyl sites for hydroxylation is 1. The van der Waals surface area contributed by atoms with E-state index in [0.29, 0.717) is 6.04 Å². The summed E-state index contributed by atoms with van der Waals surface area (Å²) in [4.78, 5) is 10.2. The molecule has 0 saturated carbocycles. The van der Waals surface area contributed by atoms with E-state index in [0.717, 1.165) is 28.0 Å². The Balaban J connectivity index is 2.10. The quantitative estimate of drug-likeness (QED) is 0.803. The number of nitrogens with zero attached hydrogens (tertiary/aromatic N) is 3. The summed E-state index contributed by atoms with van der Waals surface area (Å²) in [5.74, 6) is 0. The molecule has 2 aromatic heterocycles. The molecule has 0 aromatic carbocycles. The van der Waals surface area contributed by atoms with Crippen LogP contribution in [0.2, 0.25) is 0 Å². The number of hydrogen-bond donors (Lipinski definition) is 1. The van der Waals surface area contributed by atoms with Gasteiger partial charge in [-0.25, -0.2) is 4.98 Å². The number of pyridine rings is 1. The normalized spacial score (nSPS) is 21.6. The van der Waals surface area contributed by atoms with E-state index in [-0.39, 0.29) is 0 Å². The van der Waals surface area contributed by atoms with E-state index in [1.807, 2.05) is 6.20 Å². The molecule has 1 N–H and O–H groups in total. The summed E-state index contributed by atoms with van der Waals surface area (Å²) in [7, 11) is 2.17. The van der Waals surface area contributed by atoms with Gasteiger partial charge in [-0.1, -0.05) is 0 Å². The lowest BCUT2D eigenvalue weighted by Gasteiger charge is -2.30. The van der Waals surface area contributed by atoms with Crippen molar-refractivity contribution in [1.82, 2.24) is 19.4 Å². The van der Waals surface area contributed by atoms with Gasteiger partial charge >= 0.3 is 0 Å². The Labute approximate surface area is 112 Å². The molecular formula is C13H18N4S. The predicted octanol–water partition coefficient (Wildman–Crippen LogP) is 2.67. The average Bonchev–Trinajstić information content (AvgIpc) is 2.64. The van der Waals surface area contributed by atoms with Gasteiger partial charge in [0.05, 0.1) is 11.6 Å². The van der Waals surface area contributed by atoms with Gasteiger partial charge in [0.1, 0.15) is 0 Å². The molecule has 1 fully saturated rings. The number of piperidine rings is 1. The molecule has 3 rings (SSSR count). The van der Waals surface area contributed by atoms with Crippen molar-refractivity contribution in [3.05, 3.63) is 22.6 Å². The molecule has 0 spiro atoms. The molecule has 0 bridgehead atoms. The minimum Gasteiger partial charge on any atom is -0.329 e. The van der Waals surface area contributed by atoms with Gasteiger partial charge in [0.2, 0.25) is 0 Å². The third-order valence-electron chi connectivity index (χ3n) is 3.66. The lowest BCUT2D eigenvalue weighted by Crippen LogP contribution is -2.33. The number of H-pyrrole nitrogens is 1. The zero-order valence-corrected chi connectivity index (χ0v) is 11.6. The summed E-state index contributed by atoms with van der Waals surface area (Å²) < 4.78 is 2.99. The van der Waals surface area contributed by atoms with Crippen LogP contribution in [-0.2, 0) is 0 Å². The first-order valence-corrected chi connectivity index (χ1v) is 6.81. The molecule has 5 heteroatoms. The molecule has 1 unspecified atom stereocenters. The predicted molar refractivity (Wildman–Crippen MR) is 75.4 cm³/mol. The molecule has 18 heavy (non-hydrogen) atoms. The monoisotopic (exact) mass is 262 g/mol. The van der Waals surface area contributed by atoms with Gasteiger partial charge in [-0.15, -0.1) is 0 Å². The number of imidazole rings is 1. The highest BCUT2D eigenvalue weighted by molar-refractivity contribution is 7.71. The topological polar surface area (TPSA) is 36.9 Å². The number of rotatable bonds is 1. The van der Waals surface area contributed by atoms with Crippen molar-refractivity contribution in [3.63, 3.8) is 0 Å². The Morgan fingerprint density at radius 2 is 2.33 bits per heavy atom. The summed E-state index contributed by atoms with van der Waals surface area (Å²) in [6.07, 6.45) is 4.32. The minimum absolute atomic E-state index is 0.445. The first-order chi connectivity index (χ1) is 8.65. The lowest BCUT2D eigenvalue weighted by atomic mass is 10.1. The maximum absolute atomic E-state index is 5.46. The second-order valence-corrected chi connectivity index (χ2v) is 5.63. The fourth-order valence-corrected chi connectivity index (χ4v) is 3.15. The zero-order valence-electron chi connectivity index (χ0n) is 10.8. The highest BCUT2D eigenvalue weighted by Crippen LogP contribution is 2.25. The average molecular weight is 262 g/mol. The second-order valence-electron chi connectivity index (χ2n) is 5.24. The Morgan fingerprint density at radius 1 is 1.50 bits per heavy atom. The van der Waals surface area contributed by atoms with Crippen molar-refractivity contribution in [2.75, 3.05) is 20.1 Å². The van der Waals surface area contributed by atoms with Crippen LogP contribution >= 0.6 is 12.2 Å². The SMILES string of the molecule is Cc1cnc2c(c1)[nH]c(=S)n2C1CCCN(C)C1. The fourth-order valence-electron chi connectivity index (χ4n) is 2.81. The maximum Gasteiger partial charge on any atom is 0.179 e. The molecule has 0 amide bonds. The van der Waals surface area contributed by atoms with Crippen LogP contribution in [0, 0.1) is 11.7 Å². The number of aromatic amines is 1. The summed E-state index contributed by atoms with van der Waals surface area (Å²) in [5, 5.41) is 0. The van der Waals surface area contributed by atoms with Gasteiger partial charge in [-0.05, 0) is 57.2 Å². The Morgan fingerprint density at radius 3 is 3.11 bits per heavy atom. The molecule has 1 saturated heterocycles. The van der Waals surface area contributed by atoms with Crippen molar-refractivity contribution in [2.24, 2.45) is 0 Å². The summed E-state index contributed by atoms with van der Waals surface area (Å²) in [6.45, 7) is 4.28. The molecule has 96 valence electrons. The van der Waals surface area contributed by atoms with Crippen molar-refractivity contribution in [2.45, 2.75) is 25.8 Å². The Bertz CT molecular complexity index is 627. The number of aromatic nitrogens is 3. The van der Waals surface area contributed by atoms with Crippen LogP contribution in [-0.4, -0.2) is 39.6 Å². The van der Waals surface area contributed by atoms with Gasteiger partial charge in [0.25, 0.3) is 0 Å². The first kappa shape index (κ1) is 11.9. The van der Waals surface area contributed by atoms with Crippen LogP contribution < -0.4 is 0 Å². The van der Waals surface area contributed by atoms with Crippen LogP contribution in [0.4, 0.5) is 0 Å². The van der Waals surface area contributed by atoms with Crippen LogP contribution in [0.15, 0.2) is 12.3 Å². The third kappa shape index (κ3) is 1.97. The van der Waals surface area contributed by atoms with Gasteiger partial charge in [-0.2, -0.15) is 0 Å². The van der Waals surface area contributed by atoms with E-state index in [2.05, 4.69) is 39.5 Å². The first-order valence-electron chi connectivity index (χ1n) is 6.40. The van der Waals surface area contributed by atoms with Crippen molar-refractivity contribution in [3.8, 4) is 0 Å². The van der Waals surface area contributed by atoms with E-state index in [4.69, 9.17) is 12.2 Å². The second kappa shape index (κ2) is 4.48. The van der Waals surface area contributed by atoms with Crippen LogP contribution in [0.1, 0.15) is 24.4 Å². The summed E-state index contributed by atoms with van der Waals surface area (Å²) in [6, 6.07) is 2.56. The van der Waals surface area contributed by atoms with Crippen molar-refractivity contribution >= 4 is 23.4 Å². The molecule has 2 aromatic rings. The molecule has 4 nitrogen and oxygen atoms in total. The number of likely N-dealkylation sites (tertiary alicyclic amines) is 1. The highest BCUT2D eigenvalue weighted by atomic mass is 32.1. The molecular weight excluding hydrogens is 244 g/mol. The van der Waals surface area contributed by atoms with Crippen LogP contribution in [0.25, 0.3) is 11.2 Å². The van der Waals surface area contributed by atoms with E-state index < -0.39 is 0 Å². The number of hydrogen-bond acceptors (Lipinski definition) is 3. The third-order valence-corrected chi connectivity index (χ3v) is 3.96. The van der Waals surface area contributed by atoms with Crippen molar-refractivity contribution in [1.29, 1.82) is 0 Å². The molecule has 1 aliphatic rings. The molecule has 1 atom stereocenters. The van der Waals surface area contributed by atoms with Crippen molar-refractivity contribution < 1.29 is 0 Å². The standard InChI is InChI=1S/C13H18N4S/c1-9-6-11-12(14-7-9)17(13(18)15-11)10-4-3-5-16(2)8-10/h6-7,10H,3-5,8H2,1-2H3,(H,15,18). The van der Waals surface area contributed by atoms with E-state index in [1.165, 1.54) is 19.4 Å². The summed E-state index contributed by atoms with van der Waals surface area (Å²) >= 11 is 5.46. The van der Waals surface area contributed by atoms with E-state index >= 15 is 0 Å². The maximum atomic E-state index is 5.46. The number of likely N-dealkylation sites (N-methyl/N-ethyl adjacent to an activating group) is 1. The molecule has 0 aliphatic carbocycles. The zero-order chi connectivity index (χ0) is 12.7. The lowest BCUT2D eigenvalue weighted by molar-refractivity contribution is 0.213. The van der Waals surface area contributed by atoms with Crippen LogP contribution in [0.5, 0.6) is 0 Å². The van der Waals surface area contributed by atoms with Gasteiger partial charge in [-0.3, -0.25) is 4.57 Å². The number of nitrogens with one attached hydrogen (secondary N) is 1.